The van der Waals surface area contributed by atoms with Crippen molar-refractivity contribution in [3.63, 3.8) is 0 Å². The minimum absolute atomic E-state index is 0.0145. The largest absolute Gasteiger partial charge is 0.311 e. The summed E-state index contributed by atoms with van der Waals surface area (Å²) in [6.07, 6.45) is 4.69. The minimum Gasteiger partial charge on any atom is -0.311 e. The predicted octanol–water partition coefficient (Wildman–Crippen LogP) is 3.26. The number of hydrogen-bond donors (Lipinski definition) is 1. The van der Waals surface area contributed by atoms with Gasteiger partial charge in [-0.2, -0.15) is 0 Å². The lowest BCUT2D eigenvalue weighted by Crippen LogP contribution is -2.42. The average Bonchev–Trinajstić information content (AvgIpc) is 2.48. The Labute approximate surface area is 113 Å². The molecule has 2 atom stereocenters. The Bertz CT molecular complexity index is 544. The molecule has 1 saturated heterocycles. The Morgan fingerprint density at radius 3 is 3.00 bits per heavy atom. The smallest absolute Gasteiger partial charge is 0.119 e. The molecule has 2 nitrogen and oxygen atoms in total. The van der Waals surface area contributed by atoms with Crippen LogP contribution in [0, 0.1) is 0 Å². The van der Waals surface area contributed by atoms with Gasteiger partial charge in [0.1, 0.15) is 6.17 Å². The summed E-state index contributed by atoms with van der Waals surface area (Å²) in [5.41, 5.74) is 2.01. The molecule has 19 heavy (non-hydrogen) atoms. The van der Waals surface area contributed by atoms with Gasteiger partial charge in [0.15, 0.2) is 0 Å². The van der Waals surface area contributed by atoms with Crippen LogP contribution >= 0.6 is 0 Å². The number of fused-ring (bicyclic) bond motifs is 1. The van der Waals surface area contributed by atoms with Crippen molar-refractivity contribution < 1.29 is 4.39 Å². The van der Waals surface area contributed by atoms with E-state index in [9.17, 15) is 4.39 Å². The Morgan fingerprint density at radius 2 is 2.16 bits per heavy atom. The van der Waals surface area contributed by atoms with E-state index in [0.29, 0.717) is 6.42 Å². The number of benzene rings is 1. The first-order valence-electron chi connectivity index (χ1n) is 7.04. The third kappa shape index (κ3) is 2.76. The van der Waals surface area contributed by atoms with E-state index in [0.717, 1.165) is 35.9 Å². The highest BCUT2D eigenvalue weighted by molar-refractivity contribution is 5.81. The highest BCUT2D eigenvalue weighted by Gasteiger charge is 2.23. The molecular weight excluding hydrogens is 239 g/mol. The maximum atomic E-state index is 14.4. The van der Waals surface area contributed by atoms with Gasteiger partial charge in [-0.3, -0.25) is 4.98 Å². The Morgan fingerprint density at radius 1 is 1.26 bits per heavy atom. The van der Waals surface area contributed by atoms with Crippen molar-refractivity contribution >= 4 is 10.9 Å². The van der Waals surface area contributed by atoms with E-state index in [1.165, 1.54) is 6.42 Å². The van der Waals surface area contributed by atoms with Gasteiger partial charge in [-0.05, 0) is 37.1 Å². The van der Waals surface area contributed by atoms with Crippen LogP contribution < -0.4 is 5.32 Å². The molecular formula is C16H19FN2. The Hall–Kier alpha value is -1.48. The molecule has 1 N–H and O–H groups in total. The molecule has 1 fully saturated rings. The fourth-order valence-electron chi connectivity index (χ4n) is 2.87. The second-order valence-corrected chi connectivity index (χ2v) is 5.26. The lowest BCUT2D eigenvalue weighted by molar-refractivity contribution is 0.217. The van der Waals surface area contributed by atoms with Gasteiger partial charge in [-0.15, -0.1) is 0 Å². The van der Waals surface area contributed by atoms with Gasteiger partial charge < -0.3 is 5.32 Å². The van der Waals surface area contributed by atoms with E-state index in [-0.39, 0.29) is 6.04 Å². The SMILES string of the molecule is FC(Cc1ccnc2ccccc12)C1CCCCN1. The fraction of sp³-hybridized carbons (Fsp3) is 0.438. The van der Waals surface area contributed by atoms with Gasteiger partial charge in [-0.25, -0.2) is 4.39 Å². The number of halogens is 1. The van der Waals surface area contributed by atoms with Crippen LogP contribution in [0.5, 0.6) is 0 Å². The molecule has 2 aromatic rings. The molecule has 1 aromatic heterocycles. The number of para-hydroxylation sites is 1. The second-order valence-electron chi connectivity index (χ2n) is 5.26. The molecule has 3 rings (SSSR count). The molecule has 0 amide bonds. The van der Waals surface area contributed by atoms with Crippen LogP contribution in [-0.2, 0) is 6.42 Å². The summed E-state index contributed by atoms with van der Waals surface area (Å²) in [6, 6.07) is 9.91. The number of piperidine rings is 1. The van der Waals surface area contributed by atoms with Crippen molar-refractivity contribution in [3.8, 4) is 0 Å². The van der Waals surface area contributed by atoms with Crippen molar-refractivity contribution in [3.05, 3.63) is 42.1 Å². The van der Waals surface area contributed by atoms with Gasteiger partial charge in [0.2, 0.25) is 0 Å². The summed E-state index contributed by atoms with van der Waals surface area (Å²) in [5.74, 6) is 0. The first kappa shape index (κ1) is 12.5. The highest BCUT2D eigenvalue weighted by atomic mass is 19.1. The quantitative estimate of drug-likeness (QED) is 0.914. The summed E-state index contributed by atoms with van der Waals surface area (Å²) in [5, 5.41) is 4.37. The van der Waals surface area contributed by atoms with Crippen LogP contribution in [-0.4, -0.2) is 23.7 Å². The van der Waals surface area contributed by atoms with Crippen molar-refractivity contribution in [2.45, 2.75) is 37.9 Å². The lowest BCUT2D eigenvalue weighted by atomic mass is 9.95. The number of nitrogens with one attached hydrogen (secondary N) is 1. The van der Waals surface area contributed by atoms with Crippen LogP contribution in [0.3, 0.4) is 0 Å². The third-order valence-corrected chi connectivity index (χ3v) is 3.94. The van der Waals surface area contributed by atoms with Crippen molar-refractivity contribution in [1.29, 1.82) is 0 Å². The number of rotatable bonds is 3. The number of aromatic nitrogens is 1. The van der Waals surface area contributed by atoms with E-state index in [4.69, 9.17) is 0 Å². The predicted molar refractivity (Wildman–Crippen MR) is 76.0 cm³/mol. The Kier molecular flexibility index (Phi) is 3.74. The molecule has 0 spiro atoms. The Balaban J connectivity index is 1.80. The molecule has 1 aliphatic heterocycles. The first-order valence-corrected chi connectivity index (χ1v) is 7.04. The van der Waals surface area contributed by atoms with Crippen LogP contribution in [0.4, 0.5) is 4.39 Å². The third-order valence-electron chi connectivity index (χ3n) is 3.94. The molecule has 2 unspecified atom stereocenters. The zero-order valence-corrected chi connectivity index (χ0v) is 11.0. The molecule has 1 aliphatic rings. The van der Waals surface area contributed by atoms with Crippen LogP contribution in [0.25, 0.3) is 10.9 Å². The lowest BCUT2D eigenvalue weighted by Gasteiger charge is -2.26. The average molecular weight is 258 g/mol. The van der Waals surface area contributed by atoms with Gasteiger partial charge in [0, 0.05) is 24.0 Å². The van der Waals surface area contributed by atoms with Gasteiger partial charge in [-0.1, -0.05) is 24.6 Å². The molecule has 0 saturated carbocycles. The zero-order valence-electron chi connectivity index (χ0n) is 11.0. The molecule has 3 heteroatoms. The molecule has 0 bridgehead atoms. The molecule has 0 aliphatic carbocycles. The maximum Gasteiger partial charge on any atom is 0.119 e. The normalized spacial score (nSPS) is 21.4. The van der Waals surface area contributed by atoms with Gasteiger partial charge >= 0.3 is 0 Å². The van der Waals surface area contributed by atoms with E-state index in [2.05, 4.69) is 10.3 Å². The number of alkyl halides is 1. The number of hydrogen-bond acceptors (Lipinski definition) is 2. The summed E-state index contributed by atoms with van der Waals surface area (Å²) in [7, 11) is 0. The summed E-state index contributed by atoms with van der Waals surface area (Å²) >= 11 is 0. The summed E-state index contributed by atoms with van der Waals surface area (Å²) in [4.78, 5) is 4.32. The van der Waals surface area contributed by atoms with Crippen LogP contribution in [0.2, 0.25) is 0 Å². The molecule has 100 valence electrons. The van der Waals surface area contributed by atoms with Crippen molar-refractivity contribution in [2.75, 3.05) is 6.54 Å². The zero-order chi connectivity index (χ0) is 13.1. The monoisotopic (exact) mass is 258 g/mol. The fourth-order valence-corrected chi connectivity index (χ4v) is 2.87. The second kappa shape index (κ2) is 5.66. The van der Waals surface area contributed by atoms with Crippen LogP contribution in [0.15, 0.2) is 36.5 Å². The van der Waals surface area contributed by atoms with E-state index in [1.807, 2.05) is 30.3 Å². The standard InChI is InChI=1S/C16H19FN2/c17-14(16-7-3-4-9-18-16)11-12-8-10-19-15-6-2-1-5-13(12)15/h1-2,5-6,8,10,14,16,18H,3-4,7,9,11H2. The topological polar surface area (TPSA) is 24.9 Å². The molecule has 1 aromatic carbocycles. The molecule has 0 radical (unpaired) electrons. The van der Waals surface area contributed by atoms with Crippen LogP contribution in [0.1, 0.15) is 24.8 Å². The molecule has 2 heterocycles. The van der Waals surface area contributed by atoms with Crippen molar-refractivity contribution in [2.24, 2.45) is 0 Å². The summed E-state index contributed by atoms with van der Waals surface area (Å²) < 4.78 is 14.4. The van der Waals surface area contributed by atoms with E-state index < -0.39 is 6.17 Å². The van der Waals surface area contributed by atoms with Crippen molar-refractivity contribution in [1.82, 2.24) is 10.3 Å². The number of pyridine rings is 1. The summed E-state index contributed by atoms with van der Waals surface area (Å²) in [6.45, 7) is 0.947. The maximum absolute atomic E-state index is 14.4. The van der Waals surface area contributed by atoms with Gasteiger partial charge in [0.05, 0.1) is 5.52 Å². The first-order chi connectivity index (χ1) is 9.34. The highest BCUT2D eigenvalue weighted by Crippen LogP contribution is 2.21. The van der Waals surface area contributed by atoms with Gasteiger partial charge in [0.25, 0.3) is 0 Å². The van der Waals surface area contributed by atoms with E-state index >= 15 is 0 Å². The number of nitrogens with zero attached hydrogens (tertiary/aromatic N) is 1. The van der Waals surface area contributed by atoms with E-state index in [1.54, 1.807) is 6.20 Å². The minimum atomic E-state index is -0.814.